The highest BCUT2D eigenvalue weighted by Gasteiger charge is 2.20. The lowest BCUT2D eigenvalue weighted by atomic mass is 10.1. The van der Waals surface area contributed by atoms with Gasteiger partial charge in [-0.2, -0.15) is 0 Å². The molecular weight excluding hydrogens is 262 g/mol. The van der Waals surface area contributed by atoms with Crippen molar-refractivity contribution in [2.75, 3.05) is 6.54 Å². The van der Waals surface area contributed by atoms with Crippen LogP contribution in [0.15, 0.2) is 24.4 Å². The van der Waals surface area contributed by atoms with Crippen LogP contribution in [0.1, 0.15) is 19.4 Å². The van der Waals surface area contributed by atoms with Gasteiger partial charge >= 0.3 is 0 Å². The van der Waals surface area contributed by atoms with Crippen LogP contribution in [0.2, 0.25) is 5.02 Å². The molecule has 0 aliphatic heterocycles. The van der Waals surface area contributed by atoms with Crippen LogP contribution in [-0.4, -0.2) is 23.0 Å². The zero-order chi connectivity index (χ0) is 14.0. The zero-order valence-electron chi connectivity index (χ0n) is 11.1. The van der Waals surface area contributed by atoms with Gasteiger partial charge < -0.3 is 16.0 Å². The van der Waals surface area contributed by atoms with E-state index in [1.54, 1.807) is 13.8 Å². The van der Waals surface area contributed by atoms with Crippen molar-refractivity contribution in [1.29, 1.82) is 0 Å². The number of nitrogens with two attached hydrogens (primary N) is 1. The van der Waals surface area contributed by atoms with E-state index in [1.807, 2.05) is 24.4 Å². The summed E-state index contributed by atoms with van der Waals surface area (Å²) in [6.45, 7) is 3.93. The Hall–Kier alpha value is -1.52. The number of halogens is 1. The number of carbonyl (C=O) groups is 1. The van der Waals surface area contributed by atoms with Gasteiger partial charge in [0, 0.05) is 28.7 Å². The lowest BCUT2D eigenvalue weighted by Gasteiger charge is -2.17. The fraction of sp³-hybridized carbons (Fsp3) is 0.357. The first-order valence-corrected chi connectivity index (χ1v) is 6.58. The highest BCUT2D eigenvalue weighted by Crippen LogP contribution is 2.22. The second-order valence-corrected chi connectivity index (χ2v) is 5.67. The summed E-state index contributed by atoms with van der Waals surface area (Å²) in [5, 5.41) is 4.63. The summed E-state index contributed by atoms with van der Waals surface area (Å²) in [6.07, 6.45) is 2.68. The average molecular weight is 280 g/mol. The van der Waals surface area contributed by atoms with E-state index in [2.05, 4.69) is 10.3 Å². The van der Waals surface area contributed by atoms with Gasteiger partial charge in [-0.3, -0.25) is 4.79 Å². The molecule has 0 unspecified atom stereocenters. The summed E-state index contributed by atoms with van der Waals surface area (Å²) in [7, 11) is 0. The van der Waals surface area contributed by atoms with Crippen LogP contribution in [0.25, 0.3) is 10.9 Å². The Kier molecular flexibility index (Phi) is 3.83. The molecule has 0 bridgehead atoms. The van der Waals surface area contributed by atoms with Gasteiger partial charge in [0.1, 0.15) is 0 Å². The fourth-order valence-corrected chi connectivity index (χ4v) is 2.07. The van der Waals surface area contributed by atoms with Gasteiger partial charge in [0.25, 0.3) is 0 Å². The molecule has 1 amide bonds. The van der Waals surface area contributed by atoms with Crippen molar-refractivity contribution in [1.82, 2.24) is 10.3 Å². The van der Waals surface area contributed by atoms with Gasteiger partial charge in [0.15, 0.2) is 0 Å². The number of aromatic amines is 1. The molecule has 19 heavy (non-hydrogen) atoms. The predicted octanol–water partition coefficient (Wildman–Crippen LogP) is 2.22. The Balaban J connectivity index is 2.03. The molecule has 0 aliphatic carbocycles. The Morgan fingerprint density at radius 1 is 1.47 bits per heavy atom. The maximum Gasteiger partial charge on any atom is 0.239 e. The lowest BCUT2D eigenvalue weighted by Crippen LogP contribution is -2.49. The van der Waals surface area contributed by atoms with E-state index >= 15 is 0 Å². The molecule has 1 aromatic carbocycles. The Morgan fingerprint density at radius 2 is 2.21 bits per heavy atom. The van der Waals surface area contributed by atoms with Crippen molar-refractivity contribution in [3.05, 3.63) is 35.0 Å². The van der Waals surface area contributed by atoms with E-state index in [-0.39, 0.29) is 5.91 Å². The molecule has 2 rings (SSSR count). The normalized spacial score (nSPS) is 11.8. The number of benzene rings is 1. The number of nitrogens with one attached hydrogen (secondary N) is 2. The molecule has 1 aromatic heterocycles. The summed E-state index contributed by atoms with van der Waals surface area (Å²) in [5.41, 5.74) is 7.05. The van der Waals surface area contributed by atoms with E-state index in [1.165, 1.54) is 0 Å². The van der Waals surface area contributed by atoms with Crippen LogP contribution in [0.5, 0.6) is 0 Å². The molecule has 4 N–H and O–H groups in total. The van der Waals surface area contributed by atoms with E-state index in [0.717, 1.165) is 22.9 Å². The molecule has 1 heterocycles. The zero-order valence-corrected chi connectivity index (χ0v) is 11.8. The van der Waals surface area contributed by atoms with Crippen LogP contribution < -0.4 is 11.1 Å². The minimum absolute atomic E-state index is 0.148. The van der Waals surface area contributed by atoms with Gasteiger partial charge in [0.05, 0.1) is 5.54 Å². The van der Waals surface area contributed by atoms with E-state index in [4.69, 9.17) is 17.3 Å². The highest BCUT2D eigenvalue weighted by atomic mass is 35.5. The fourth-order valence-electron chi connectivity index (χ4n) is 1.90. The average Bonchev–Trinajstić information content (AvgIpc) is 2.70. The van der Waals surface area contributed by atoms with Gasteiger partial charge in [-0.25, -0.2) is 0 Å². The first-order valence-electron chi connectivity index (χ1n) is 6.20. The molecule has 0 saturated heterocycles. The van der Waals surface area contributed by atoms with Crippen molar-refractivity contribution in [2.24, 2.45) is 5.73 Å². The van der Waals surface area contributed by atoms with Gasteiger partial charge in [-0.1, -0.05) is 11.6 Å². The molecule has 2 aromatic rings. The molecule has 0 fully saturated rings. The number of aromatic nitrogens is 1. The smallest absolute Gasteiger partial charge is 0.239 e. The quantitative estimate of drug-likeness (QED) is 0.803. The second-order valence-electron chi connectivity index (χ2n) is 5.23. The Morgan fingerprint density at radius 3 is 2.89 bits per heavy atom. The minimum Gasteiger partial charge on any atom is -0.361 e. The molecule has 0 radical (unpaired) electrons. The first-order chi connectivity index (χ1) is 8.88. The van der Waals surface area contributed by atoms with Crippen LogP contribution in [0.4, 0.5) is 0 Å². The summed E-state index contributed by atoms with van der Waals surface area (Å²) in [5.74, 6) is -0.148. The van der Waals surface area contributed by atoms with E-state index < -0.39 is 5.54 Å². The molecule has 0 atom stereocenters. The summed E-state index contributed by atoms with van der Waals surface area (Å²) in [4.78, 5) is 14.8. The largest absolute Gasteiger partial charge is 0.361 e. The number of hydrogen-bond donors (Lipinski definition) is 3. The maximum absolute atomic E-state index is 11.6. The highest BCUT2D eigenvalue weighted by molar-refractivity contribution is 6.31. The third kappa shape index (κ3) is 3.28. The number of rotatable bonds is 4. The number of carbonyl (C=O) groups excluding carboxylic acids is 1. The molecule has 102 valence electrons. The van der Waals surface area contributed by atoms with Gasteiger partial charge in [-0.05, 0) is 44.0 Å². The Bertz CT molecular complexity index is 598. The standard InChI is InChI=1S/C14H18ClN3O/c1-14(2,16)13(19)17-6-5-9-8-18-12-4-3-10(15)7-11(9)12/h3-4,7-8,18H,5-6,16H2,1-2H3,(H,17,19). The van der Waals surface area contributed by atoms with E-state index in [0.29, 0.717) is 11.6 Å². The summed E-state index contributed by atoms with van der Waals surface area (Å²) < 4.78 is 0. The molecule has 0 aliphatic rings. The molecular formula is C14H18ClN3O. The van der Waals surface area contributed by atoms with Crippen molar-refractivity contribution in [3.63, 3.8) is 0 Å². The summed E-state index contributed by atoms with van der Waals surface area (Å²) >= 11 is 5.99. The lowest BCUT2D eigenvalue weighted by molar-refractivity contribution is -0.125. The Labute approximate surface area is 117 Å². The molecule has 0 spiro atoms. The van der Waals surface area contributed by atoms with Crippen molar-refractivity contribution in [2.45, 2.75) is 25.8 Å². The topological polar surface area (TPSA) is 70.9 Å². The van der Waals surface area contributed by atoms with Crippen molar-refractivity contribution in [3.8, 4) is 0 Å². The van der Waals surface area contributed by atoms with Crippen LogP contribution >= 0.6 is 11.6 Å². The van der Waals surface area contributed by atoms with Crippen LogP contribution in [-0.2, 0) is 11.2 Å². The first kappa shape index (κ1) is 13.9. The predicted molar refractivity (Wildman–Crippen MR) is 78.3 cm³/mol. The summed E-state index contributed by atoms with van der Waals surface area (Å²) in [6, 6.07) is 5.73. The third-order valence-electron chi connectivity index (χ3n) is 2.99. The third-order valence-corrected chi connectivity index (χ3v) is 3.23. The molecule has 4 nitrogen and oxygen atoms in total. The second kappa shape index (κ2) is 5.23. The van der Waals surface area contributed by atoms with Crippen LogP contribution in [0.3, 0.4) is 0 Å². The van der Waals surface area contributed by atoms with Gasteiger partial charge in [0.2, 0.25) is 5.91 Å². The maximum atomic E-state index is 11.6. The number of H-pyrrole nitrogens is 1. The molecule has 0 saturated carbocycles. The number of fused-ring (bicyclic) bond motifs is 1. The van der Waals surface area contributed by atoms with Gasteiger partial charge in [-0.15, -0.1) is 0 Å². The number of amides is 1. The SMILES string of the molecule is CC(C)(N)C(=O)NCCc1c[nH]c2ccc(Cl)cc12. The van der Waals surface area contributed by atoms with Crippen LogP contribution in [0, 0.1) is 0 Å². The molecule has 5 heteroatoms. The van der Waals surface area contributed by atoms with Crippen molar-refractivity contribution >= 4 is 28.4 Å². The monoisotopic (exact) mass is 279 g/mol. The minimum atomic E-state index is -0.844. The number of hydrogen-bond acceptors (Lipinski definition) is 2. The van der Waals surface area contributed by atoms with Crippen molar-refractivity contribution < 1.29 is 4.79 Å². The van der Waals surface area contributed by atoms with E-state index in [9.17, 15) is 4.79 Å².